The Morgan fingerprint density at radius 3 is 2.29 bits per heavy atom. The zero-order chi connectivity index (χ0) is 12.9. The zero-order valence-electron chi connectivity index (χ0n) is 9.51. The van der Waals surface area contributed by atoms with Gasteiger partial charge in [-0.15, -0.1) is 0 Å². The minimum atomic E-state index is -1.82. The maximum Gasteiger partial charge on any atom is 0.119 e. The van der Waals surface area contributed by atoms with Crippen molar-refractivity contribution < 1.29 is 9.47 Å². The molecule has 1 saturated heterocycles. The van der Waals surface area contributed by atoms with Crippen molar-refractivity contribution in [3.05, 3.63) is 29.8 Å². The molecule has 1 fully saturated rings. The molecule has 10 radical (unpaired) electrons. The summed E-state index contributed by atoms with van der Waals surface area (Å²) in [6, 6.07) is 7.16. The van der Waals surface area contributed by atoms with Gasteiger partial charge in [-0.05, 0) is 24.6 Å². The Morgan fingerprint density at radius 2 is 1.82 bits per heavy atom. The Bertz CT molecular complexity index is 448. The Labute approximate surface area is 108 Å². The van der Waals surface area contributed by atoms with E-state index in [0.717, 1.165) is 5.56 Å². The lowest BCUT2D eigenvalue weighted by molar-refractivity contribution is 0.170. The van der Waals surface area contributed by atoms with E-state index in [1.165, 1.54) is 0 Å². The Balaban J connectivity index is 2.19. The zero-order valence-corrected chi connectivity index (χ0v) is 9.51. The standard InChI is InChI=1S/C10H7B5O2/c1-6-3-2-4-7(5-6)16-9(12,13)8(11)10(14,15)17-8/h2-5H,1H3. The molecule has 0 saturated carbocycles. The van der Waals surface area contributed by atoms with E-state index in [2.05, 4.69) is 0 Å². The van der Waals surface area contributed by atoms with Crippen LogP contribution in [0.25, 0.3) is 0 Å². The molecule has 1 aliphatic heterocycles. The molecule has 74 valence electrons. The van der Waals surface area contributed by atoms with Crippen LogP contribution in [-0.2, 0) is 4.74 Å². The highest BCUT2D eigenvalue weighted by Gasteiger charge is 2.65. The molecule has 0 N–H and O–H groups in total. The molecule has 0 aromatic heterocycles. The molecule has 2 rings (SSSR count). The highest BCUT2D eigenvalue weighted by atomic mass is 16.6. The minimum Gasteiger partial charge on any atom is -0.505 e. The summed E-state index contributed by atoms with van der Waals surface area (Å²) in [7, 11) is 28.3. The van der Waals surface area contributed by atoms with Crippen LogP contribution in [0.1, 0.15) is 5.56 Å². The third-order valence-electron chi connectivity index (χ3n) is 2.73. The second-order valence-electron chi connectivity index (χ2n) is 4.34. The average Bonchev–Trinajstić information content (AvgIpc) is 2.67. The number of epoxide rings is 1. The second-order valence-corrected chi connectivity index (χ2v) is 4.34. The van der Waals surface area contributed by atoms with Crippen molar-refractivity contribution in [1.82, 2.24) is 0 Å². The average molecular weight is 213 g/mol. The van der Waals surface area contributed by atoms with E-state index in [1.54, 1.807) is 18.2 Å². The molecule has 1 aromatic carbocycles. The van der Waals surface area contributed by atoms with Crippen LogP contribution in [0.15, 0.2) is 24.3 Å². The van der Waals surface area contributed by atoms with Crippen molar-refractivity contribution in [3.63, 3.8) is 0 Å². The van der Waals surface area contributed by atoms with Crippen molar-refractivity contribution in [2.24, 2.45) is 0 Å². The van der Waals surface area contributed by atoms with Crippen LogP contribution in [0.5, 0.6) is 5.75 Å². The number of aryl methyl sites for hydroxylation is 1. The fourth-order valence-electron chi connectivity index (χ4n) is 1.58. The summed E-state index contributed by atoms with van der Waals surface area (Å²) in [4.78, 5) is 0. The number of benzene rings is 1. The SMILES string of the molecule is [B]C([B])(Oc1cccc(C)c1)C1([B])OC1([B])[B]. The van der Waals surface area contributed by atoms with E-state index < -0.39 is 16.3 Å². The van der Waals surface area contributed by atoms with Crippen LogP contribution < -0.4 is 4.74 Å². The summed E-state index contributed by atoms with van der Waals surface area (Å²) in [5.41, 5.74) is -0.628. The summed E-state index contributed by atoms with van der Waals surface area (Å²) in [6.07, 6.45) is 0. The van der Waals surface area contributed by atoms with Crippen LogP contribution in [0.2, 0.25) is 0 Å². The molecule has 0 spiro atoms. The summed E-state index contributed by atoms with van der Waals surface area (Å²) in [6.45, 7) is 1.91. The summed E-state index contributed by atoms with van der Waals surface area (Å²) < 4.78 is 10.3. The van der Waals surface area contributed by atoms with E-state index >= 15 is 0 Å². The highest BCUT2D eigenvalue weighted by molar-refractivity contribution is 6.54. The van der Waals surface area contributed by atoms with E-state index in [9.17, 15) is 0 Å². The predicted molar refractivity (Wildman–Crippen MR) is 69.9 cm³/mol. The Kier molecular flexibility index (Phi) is 2.74. The molecule has 7 heteroatoms. The number of ether oxygens (including phenoxy) is 2. The van der Waals surface area contributed by atoms with E-state index in [0.29, 0.717) is 5.75 Å². The predicted octanol–water partition coefficient (Wildman–Crippen LogP) is -0.750. The molecular weight excluding hydrogens is 206 g/mol. The Hall–Kier alpha value is -0.695. The third kappa shape index (κ3) is 2.06. The van der Waals surface area contributed by atoms with Crippen LogP contribution in [-0.4, -0.2) is 55.5 Å². The van der Waals surface area contributed by atoms with Gasteiger partial charge in [0.05, 0.1) is 5.50 Å². The van der Waals surface area contributed by atoms with Crippen LogP contribution in [0.3, 0.4) is 0 Å². The van der Waals surface area contributed by atoms with Crippen molar-refractivity contribution in [1.29, 1.82) is 0 Å². The van der Waals surface area contributed by atoms with Crippen LogP contribution in [0.4, 0.5) is 0 Å². The first kappa shape index (κ1) is 12.8. The lowest BCUT2D eigenvalue weighted by Gasteiger charge is -2.35. The van der Waals surface area contributed by atoms with Crippen molar-refractivity contribution in [2.75, 3.05) is 0 Å². The van der Waals surface area contributed by atoms with E-state index in [4.69, 9.17) is 48.7 Å². The highest BCUT2D eigenvalue weighted by Crippen LogP contribution is 2.47. The van der Waals surface area contributed by atoms with Crippen molar-refractivity contribution >= 4 is 39.2 Å². The molecule has 1 heterocycles. The molecular formula is C10H7B5O2. The van der Waals surface area contributed by atoms with Crippen molar-refractivity contribution in [2.45, 2.75) is 23.2 Å². The Morgan fingerprint density at radius 1 is 1.24 bits per heavy atom. The fraction of sp³-hybridized carbons (Fsp3) is 0.400. The van der Waals surface area contributed by atoms with Gasteiger partial charge in [0.2, 0.25) is 0 Å². The van der Waals surface area contributed by atoms with E-state index in [1.807, 2.05) is 13.0 Å². The van der Waals surface area contributed by atoms with Gasteiger partial charge in [-0.2, -0.15) is 0 Å². The number of hydrogen-bond donors (Lipinski definition) is 0. The fourth-order valence-corrected chi connectivity index (χ4v) is 1.58. The summed E-state index contributed by atoms with van der Waals surface area (Å²) in [5, 5.41) is -3.40. The molecule has 2 nitrogen and oxygen atoms in total. The first-order valence-electron chi connectivity index (χ1n) is 5.08. The second kappa shape index (κ2) is 3.65. The van der Waals surface area contributed by atoms with Gasteiger partial charge in [-0.25, -0.2) is 0 Å². The molecule has 0 bridgehead atoms. The smallest absolute Gasteiger partial charge is 0.119 e. The molecule has 1 aromatic rings. The molecule has 1 aliphatic rings. The first-order chi connectivity index (χ1) is 7.68. The van der Waals surface area contributed by atoms with Gasteiger partial charge in [0, 0.05) is 10.8 Å². The maximum absolute atomic E-state index is 5.76. The quantitative estimate of drug-likeness (QED) is 0.487. The molecule has 0 aliphatic carbocycles. The third-order valence-corrected chi connectivity index (χ3v) is 2.73. The van der Waals surface area contributed by atoms with Gasteiger partial charge >= 0.3 is 0 Å². The van der Waals surface area contributed by atoms with Crippen molar-refractivity contribution in [3.8, 4) is 5.75 Å². The van der Waals surface area contributed by atoms with Gasteiger partial charge in [0.25, 0.3) is 0 Å². The largest absolute Gasteiger partial charge is 0.505 e. The minimum absolute atomic E-state index is 0.464. The number of rotatable bonds is 3. The van der Waals surface area contributed by atoms with Crippen LogP contribution in [0, 0.1) is 6.92 Å². The summed E-state index contributed by atoms with van der Waals surface area (Å²) >= 11 is 0. The number of hydrogen-bond acceptors (Lipinski definition) is 2. The van der Waals surface area contributed by atoms with Gasteiger partial charge in [0.15, 0.2) is 0 Å². The van der Waals surface area contributed by atoms with Gasteiger partial charge in [0.1, 0.15) is 45.0 Å². The molecule has 1 unspecified atom stereocenters. The van der Waals surface area contributed by atoms with Gasteiger partial charge in [-0.3, -0.25) is 0 Å². The maximum atomic E-state index is 5.76. The lowest BCUT2D eigenvalue weighted by Crippen LogP contribution is -2.56. The van der Waals surface area contributed by atoms with E-state index in [-0.39, 0.29) is 0 Å². The molecule has 0 amide bonds. The van der Waals surface area contributed by atoms with Gasteiger partial charge in [-0.1, -0.05) is 12.1 Å². The topological polar surface area (TPSA) is 21.8 Å². The first-order valence-corrected chi connectivity index (χ1v) is 5.08. The monoisotopic (exact) mass is 214 g/mol. The summed E-state index contributed by atoms with van der Waals surface area (Å²) in [5.74, 6) is 0.464. The van der Waals surface area contributed by atoms with Crippen LogP contribution >= 0.6 is 0 Å². The molecule has 1 atom stereocenters. The molecule has 17 heavy (non-hydrogen) atoms. The van der Waals surface area contributed by atoms with Gasteiger partial charge < -0.3 is 9.47 Å². The normalized spacial score (nSPS) is 26.4. The lowest BCUT2D eigenvalue weighted by atomic mass is 9.42.